The van der Waals surface area contributed by atoms with Crippen molar-refractivity contribution >= 4 is 29.1 Å². The Balaban J connectivity index is 1.68. The summed E-state index contributed by atoms with van der Waals surface area (Å²) in [6, 6.07) is 10.6. The summed E-state index contributed by atoms with van der Waals surface area (Å²) in [6.45, 7) is 1.83. The number of carbonyl (C=O) groups is 1. The molecule has 4 nitrogen and oxygen atoms in total. The number of benzene rings is 1. The molecule has 1 aliphatic heterocycles. The number of ether oxygens (including phenoxy) is 1. The summed E-state index contributed by atoms with van der Waals surface area (Å²) in [4.78, 5) is 19.0. The third-order valence-corrected chi connectivity index (χ3v) is 5.01. The van der Waals surface area contributed by atoms with Crippen molar-refractivity contribution in [1.82, 2.24) is 9.88 Å². The van der Waals surface area contributed by atoms with Crippen LogP contribution in [-0.2, 0) is 6.61 Å². The van der Waals surface area contributed by atoms with Crippen LogP contribution in [0.3, 0.4) is 0 Å². The minimum absolute atomic E-state index is 0.00969. The lowest BCUT2D eigenvalue weighted by atomic mass is 10.2. The Kier molecular flexibility index (Phi) is 6.16. The van der Waals surface area contributed by atoms with Crippen molar-refractivity contribution in [2.45, 2.75) is 32.3 Å². The molecule has 1 fully saturated rings. The Morgan fingerprint density at radius 1 is 1.04 bits per heavy atom. The molecule has 3 rings (SSSR count). The van der Waals surface area contributed by atoms with E-state index in [9.17, 15) is 4.79 Å². The summed E-state index contributed by atoms with van der Waals surface area (Å²) < 4.78 is 5.70. The molecule has 0 unspecified atom stereocenters. The Morgan fingerprint density at radius 3 is 2.52 bits per heavy atom. The van der Waals surface area contributed by atoms with Gasteiger partial charge in [0.25, 0.3) is 5.91 Å². The molecule has 0 radical (unpaired) electrons. The van der Waals surface area contributed by atoms with E-state index < -0.39 is 0 Å². The molecule has 132 valence electrons. The van der Waals surface area contributed by atoms with Crippen LogP contribution in [0.2, 0.25) is 10.0 Å². The largest absolute Gasteiger partial charge is 0.486 e. The van der Waals surface area contributed by atoms with Crippen LogP contribution in [0.4, 0.5) is 0 Å². The monoisotopic (exact) mass is 378 g/mol. The molecule has 0 bridgehead atoms. The molecule has 0 N–H and O–H groups in total. The predicted octanol–water partition coefficient (Wildman–Crippen LogP) is 4.98. The summed E-state index contributed by atoms with van der Waals surface area (Å²) in [7, 11) is 0. The van der Waals surface area contributed by atoms with Crippen molar-refractivity contribution in [3.63, 3.8) is 0 Å². The minimum Gasteiger partial charge on any atom is -0.486 e. The highest BCUT2D eigenvalue weighted by Crippen LogP contribution is 2.31. The molecular formula is C19H20Cl2N2O2. The lowest BCUT2D eigenvalue weighted by molar-refractivity contribution is 0.0755. The quantitative estimate of drug-likeness (QED) is 0.752. The van der Waals surface area contributed by atoms with Gasteiger partial charge in [-0.05, 0) is 37.1 Å². The highest BCUT2D eigenvalue weighted by molar-refractivity contribution is 6.42. The van der Waals surface area contributed by atoms with Crippen LogP contribution < -0.4 is 4.74 Å². The molecule has 1 amide bonds. The number of nitrogens with zero attached hydrogens (tertiary/aromatic N) is 2. The maximum absolute atomic E-state index is 12.7. The minimum atomic E-state index is -0.00969. The lowest BCUT2D eigenvalue weighted by Crippen LogP contribution is -2.32. The van der Waals surface area contributed by atoms with E-state index in [1.165, 1.54) is 12.8 Å². The lowest BCUT2D eigenvalue weighted by Gasteiger charge is -2.20. The number of aromatic nitrogens is 1. The maximum atomic E-state index is 12.7. The van der Waals surface area contributed by atoms with Crippen LogP contribution in [-0.4, -0.2) is 28.9 Å². The fourth-order valence-electron chi connectivity index (χ4n) is 2.86. The molecule has 1 aromatic carbocycles. The first-order chi connectivity index (χ1) is 12.1. The van der Waals surface area contributed by atoms with E-state index in [-0.39, 0.29) is 12.5 Å². The Bertz CT molecular complexity index is 744. The third kappa shape index (κ3) is 4.65. The second-order valence-electron chi connectivity index (χ2n) is 6.06. The molecule has 0 saturated carbocycles. The van der Waals surface area contributed by atoms with Gasteiger partial charge in [-0.15, -0.1) is 0 Å². The van der Waals surface area contributed by atoms with Gasteiger partial charge >= 0.3 is 0 Å². The highest BCUT2D eigenvalue weighted by Gasteiger charge is 2.18. The predicted molar refractivity (Wildman–Crippen MR) is 99.4 cm³/mol. The SMILES string of the molecule is O=C(c1cccc(COc2cccc(Cl)c2Cl)n1)N1CCCCCC1. The van der Waals surface area contributed by atoms with Gasteiger partial charge in [0.15, 0.2) is 0 Å². The van der Waals surface area contributed by atoms with Gasteiger partial charge < -0.3 is 9.64 Å². The summed E-state index contributed by atoms with van der Waals surface area (Å²) >= 11 is 12.1. The molecule has 0 spiro atoms. The molecule has 1 saturated heterocycles. The molecule has 25 heavy (non-hydrogen) atoms. The molecule has 0 atom stereocenters. The van der Waals surface area contributed by atoms with E-state index >= 15 is 0 Å². The average molecular weight is 379 g/mol. The van der Waals surface area contributed by atoms with Crippen molar-refractivity contribution in [2.24, 2.45) is 0 Å². The summed E-state index contributed by atoms with van der Waals surface area (Å²) in [5.41, 5.74) is 1.14. The standard InChI is InChI=1S/C19H20Cl2N2O2/c20-15-8-6-10-17(18(15)21)25-13-14-7-5-9-16(22-14)19(24)23-11-3-1-2-4-12-23/h5-10H,1-4,11-13H2. The second kappa shape index (κ2) is 8.54. The topological polar surface area (TPSA) is 42.4 Å². The molecule has 6 heteroatoms. The van der Waals surface area contributed by atoms with Gasteiger partial charge in [0, 0.05) is 13.1 Å². The number of carbonyl (C=O) groups excluding carboxylic acids is 1. The van der Waals surface area contributed by atoms with Gasteiger partial charge in [-0.1, -0.05) is 48.2 Å². The third-order valence-electron chi connectivity index (χ3n) is 4.21. The number of hydrogen-bond donors (Lipinski definition) is 0. The normalized spacial score (nSPS) is 14.9. The van der Waals surface area contributed by atoms with E-state index in [1.807, 2.05) is 17.0 Å². The van der Waals surface area contributed by atoms with E-state index in [2.05, 4.69) is 4.98 Å². The maximum Gasteiger partial charge on any atom is 0.272 e. The Morgan fingerprint density at radius 2 is 1.76 bits per heavy atom. The van der Waals surface area contributed by atoms with Crippen molar-refractivity contribution in [3.05, 3.63) is 57.8 Å². The van der Waals surface area contributed by atoms with Gasteiger partial charge in [-0.3, -0.25) is 4.79 Å². The Hall–Kier alpha value is -1.78. The molecule has 2 aromatic rings. The summed E-state index contributed by atoms with van der Waals surface area (Å²) in [5, 5.41) is 0.818. The van der Waals surface area contributed by atoms with Gasteiger partial charge in [0.1, 0.15) is 23.1 Å². The van der Waals surface area contributed by atoms with Crippen LogP contribution in [0.25, 0.3) is 0 Å². The summed E-state index contributed by atoms with van der Waals surface area (Å²) in [5.74, 6) is 0.491. The first kappa shape index (κ1) is 18.0. The number of halogens is 2. The van der Waals surface area contributed by atoms with Crippen molar-refractivity contribution in [1.29, 1.82) is 0 Å². The van der Waals surface area contributed by atoms with Crippen LogP contribution in [0.5, 0.6) is 5.75 Å². The molecule has 2 heterocycles. The van der Waals surface area contributed by atoms with Crippen LogP contribution >= 0.6 is 23.2 Å². The average Bonchev–Trinajstić information content (AvgIpc) is 2.92. The van der Waals surface area contributed by atoms with Crippen LogP contribution in [0.1, 0.15) is 41.9 Å². The van der Waals surface area contributed by atoms with Crippen molar-refractivity contribution in [2.75, 3.05) is 13.1 Å². The van der Waals surface area contributed by atoms with Gasteiger partial charge in [0.05, 0.1) is 10.7 Å². The van der Waals surface area contributed by atoms with Crippen LogP contribution in [0, 0.1) is 0 Å². The zero-order valence-electron chi connectivity index (χ0n) is 13.9. The fourth-order valence-corrected chi connectivity index (χ4v) is 3.21. The molecule has 1 aliphatic rings. The second-order valence-corrected chi connectivity index (χ2v) is 6.85. The van der Waals surface area contributed by atoms with E-state index in [0.29, 0.717) is 27.2 Å². The molecular weight excluding hydrogens is 359 g/mol. The van der Waals surface area contributed by atoms with E-state index in [4.69, 9.17) is 27.9 Å². The zero-order chi connectivity index (χ0) is 17.6. The van der Waals surface area contributed by atoms with Gasteiger partial charge in [-0.2, -0.15) is 0 Å². The van der Waals surface area contributed by atoms with Gasteiger partial charge in [-0.25, -0.2) is 4.98 Å². The number of pyridine rings is 1. The first-order valence-electron chi connectivity index (χ1n) is 8.47. The smallest absolute Gasteiger partial charge is 0.272 e. The fraction of sp³-hybridized carbons (Fsp3) is 0.368. The number of rotatable bonds is 4. The summed E-state index contributed by atoms with van der Waals surface area (Å²) in [6.07, 6.45) is 4.49. The molecule has 0 aliphatic carbocycles. The molecule has 1 aromatic heterocycles. The zero-order valence-corrected chi connectivity index (χ0v) is 15.4. The van der Waals surface area contributed by atoms with Crippen LogP contribution in [0.15, 0.2) is 36.4 Å². The van der Waals surface area contributed by atoms with E-state index in [0.717, 1.165) is 25.9 Å². The first-order valence-corrected chi connectivity index (χ1v) is 9.23. The Labute approximate surface area is 157 Å². The van der Waals surface area contributed by atoms with E-state index in [1.54, 1.807) is 24.3 Å². The highest BCUT2D eigenvalue weighted by atomic mass is 35.5. The van der Waals surface area contributed by atoms with Crippen molar-refractivity contribution in [3.8, 4) is 5.75 Å². The number of likely N-dealkylation sites (tertiary alicyclic amines) is 1. The van der Waals surface area contributed by atoms with Gasteiger partial charge in [0.2, 0.25) is 0 Å². The number of amides is 1. The number of hydrogen-bond acceptors (Lipinski definition) is 3. The van der Waals surface area contributed by atoms with Crippen molar-refractivity contribution < 1.29 is 9.53 Å².